The van der Waals surface area contributed by atoms with E-state index >= 15 is 0 Å². The van der Waals surface area contributed by atoms with Gasteiger partial charge in [-0.05, 0) is 32.6 Å². The lowest BCUT2D eigenvalue weighted by Gasteiger charge is -2.31. The van der Waals surface area contributed by atoms with Crippen molar-refractivity contribution in [2.24, 2.45) is 0 Å². The quantitative estimate of drug-likeness (QED) is 0.698. The summed E-state index contributed by atoms with van der Waals surface area (Å²) in [6.07, 6.45) is 4.71. The fourth-order valence-corrected chi connectivity index (χ4v) is 1.94. The second kappa shape index (κ2) is 3.66. The highest BCUT2D eigenvalue weighted by atomic mass is 16.2. The van der Waals surface area contributed by atoms with Crippen LogP contribution in [-0.2, 0) is 4.79 Å². The number of nitrogens with one attached hydrogen (secondary N) is 1. The molecule has 3 nitrogen and oxygen atoms in total. The minimum Gasteiger partial charge on any atom is -0.342 e. The summed E-state index contributed by atoms with van der Waals surface area (Å²) in [4.78, 5) is 13.7. The monoisotopic (exact) mass is 182 g/mol. The van der Waals surface area contributed by atoms with Gasteiger partial charge in [-0.2, -0.15) is 0 Å². The zero-order valence-electron chi connectivity index (χ0n) is 8.25. The lowest BCUT2D eigenvalue weighted by atomic mass is 10.0. The Labute approximate surface area is 79.5 Å². The highest BCUT2D eigenvalue weighted by Gasteiger charge is 2.32. The first-order valence-electron chi connectivity index (χ1n) is 5.36. The van der Waals surface area contributed by atoms with E-state index in [1.807, 2.05) is 4.90 Å². The third kappa shape index (κ3) is 2.02. The Morgan fingerprint density at radius 2 is 2.23 bits per heavy atom. The van der Waals surface area contributed by atoms with Crippen LogP contribution in [0.4, 0.5) is 0 Å². The van der Waals surface area contributed by atoms with Gasteiger partial charge >= 0.3 is 0 Å². The van der Waals surface area contributed by atoms with Gasteiger partial charge in [-0.25, -0.2) is 0 Å². The largest absolute Gasteiger partial charge is 0.342 e. The van der Waals surface area contributed by atoms with Crippen LogP contribution in [0.5, 0.6) is 0 Å². The Balaban J connectivity index is 1.89. The number of likely N-dealkylation sites (N-methyl/N-ethyl adjacent to an activating group) is 1. The molecule has 3 heteroatoms. The number of nitrogens with zero attached hydrogens (tertiary/aromatic N) is 1. The lowest BCUT2D eigenvalue weighted by Crippen LogP contribution is -2.51. The van der Waals surface area contributed by atoms with Crippen molar-refractivity contribution in [3.63, 3.8) is 0 Å². The smallest absolute Gasteiger partial charge is 0.239 e. The SMILES string of the molecule is CCN1CCCC(NC2CC2)C1=O. The number of piperidine rings is 1. The van der Waals surface area contributed by atoms with Gasteiger partial charge in [-0.3, -0.25) is 4.79 Å². The van der Waals surface area contributed by atoms with Crippen LogP contribution >= 0.6 is 0 Å². The molecule has 13 heavy (non-hydrogen) atoms. The maximum Gasteiger partial charge on any atom is 0.239 e. The molecule has 0 spiro atoms. The van der Waals surface area contributed by atoms with Gasteiger partial charge in [0.1, 0.15) is 0 Å². The molecule has 0 aromatic carbocycles. The van der Waals surface area contributed by atoms with Gasteiger partial charge in [0.25, 0.3) is 0 Å². The first-order chi connectivity index (χ1) is 6.31. The summed E-state index contributed by atoms with van der Waals surface area (Å²) in [7, 11) is 0. The van der Waals surface area contributed by atoms with Crippen LogP contribution in [-0.4, -0.2) is 36.0 Å². The molecule has 1 atom stereocenters. The molecule has 74 valence electrons. The van der Waals surface area contributed by atoms with Crippen LogP contribution in [0.2, 0.25) is 0 Å². The van der Waals surface area contributed by atoms with Crippen molar-refractivity contribution >= 4 is 5.91 Å². The van der Waals surface area contributed by atoms with E-state index in [0.29, 0.717) is 11.9 Å². The molecule has 1 heterocycles. The number of hydrogen-bond donors (Lipinski definition) is 1. The predicted octanol–water partition coefficient (Wildman–Crippen LogP) is 0.749. The summed E-state index contributed by atoms with van der Waals surface area (Å²) in [5.41, 5.74) is 0. The van der Waals surface area contributed by atoms with Gasteiger partial charge in [-0.15, -0.1) is 0 Å². The third-order valence-electron chi connectivity index (χ3n) is 2.93. The molecule has 1 saturated carbocycles. The van der Waals surface area contributed by atoms with Gasteiger partial charge in [0, 0.05) is 19.1 Å². The van der Waals surface area contributed by atoms with Crippen molar-refractivity contribution < 1.29 is 4.79 Å². The van der Waals surface area contributed by atoms with E-state index in [4.69, 9.17) is 0 Å². The van der Waals surface area contributed by atoms with Crippen LogP contribution in [0.25, 0.3) is 0 Å². The van der Waals surface area contributed by atoms with Crippen LogP contribution in [0.3, 0.4) is 0 Å². The Morgan fingerprint density at radius 3 is 2.85 bits per heavy atom. The summed E-state index contributed by atoms with van der Waals surface area (Å²) in [6.45, 7) is 3.87. The molecule has 2 aliphatic rings. The fourth-order valence-electron chi connectivity index (χ4n) is 1.94. The normalized spacial score (nSPS) is 29.5. The van der Waals surface area contributed by atoms with E-state index in [-0.39, 0.29) is 6.04 Å². The molecule has 1 unspecified atom stereocenters. The van der Waals surface area contributed by atoms with Crippen molar-refractivity contribution in [1.82, 2.24) is 10.2 Å². The minimum atomic E-state index is 0.126. The molecule has 0 aromatic heterocycles. The number of amides is 1. The van der Waals surface area contributed by atoms with Gasteiger partial charge in [0.2, 0.25) is 5.91 Å². The summed E-state index contributed by atoms with van der Waals surface area (Å²) in [5, 5.41) is 3.42. The summed E-state index contributed by atoms with van der Waals surface area (Å²) in [5.74, 6) is 0.320. The van der Waals surface area contributed by atoms with Crippen LogP contribution < -0.4 is 5.32 Å². The average molecular weight is 182 g/mol. The van der Waals surface area contributed by atoms with Gasteiger partial charge in [0.15, 0.2) is 0 Å². The average Bonchev–Trinajstić information content (AvgIpc) is 2.92. The van der Waals surface area contributed by atoms with Gasteiger partial charge in [-0.1, -0.05) is 0 Å². The molecule has 0 aromatic rings. The second-order valence-electron chi connectivity index (χ2n) is 4.05. The van der Waals surface area contributed by atoms with Crippen molar-refractivity contribution in [3.05, 3.63) is 0 Å². The zero-order chi connectivity index (χ0) is 9.26. The Morgan fingerprint density at radius 1 is 1.46 bits per heavy atom. The highest BCUT2D eigenvalue weighted by Crippen LogP contribution is 2.22. The molecule has 1 aliphatic heterocycles. The first-order valence-corrected chi connectivity index (χ1v) is 5.36. The number of carbonyl (C=O) groups excluding carboxylic acids is 1. The van der Waals surface area contributed by atoms with Gasteiger partial charge < -0.3 is 10.2 Å². The molecule has 1 saturated heterocycles. The maximum absolute atomic E-state index is 11.8. The summed E-state index contributed by atoms with van der Waals surface area (Å²) in [6, 6.07) is 0.770. The Kier molecular flexibility index (Phi) is 2.54. The molecular formula is C10H18N2O. The standard InChI is InChI=1S/C10H18N2O/c1-2-12-7-3-4-9(10(12)13)11-8-5-6-8/h8-9,11H,2-7H2,1H3. The van der Waals surface area contributed by atoms with Gasteiger partial charge in [0.05, 0.1) is 6.04 Å². The van der Waals surface area contributed by atoms with Crippen LogP contribution in [0.15, 0.2) is 0 Å². The minimum absolute atomic E-state index is 0.126. The van der Waals surface area contributed by atoms with E-state index in [1.165, 1.54) is 12.8 Å². The van der Waals surface area contributed by atoms with Crippen molar-refractivity contribution in [2.75, 3.05) is 13.1 Å². The molecule has 1 N–H and O–H groups in total. The zero-order valence-corrected chi connectivity index (χ0v) is 8.25. The van der Waals surface area contributed by atoms with Crippen LogP contribution in [0.1, 0.15) is 32.6 Å². The molecule has 2 fully saturated rings. The topological polar surface area (TPSA) is 32.3 Å². The van der Waals surface area contributed by atoms with Crippen molar-refractivity contribution in [2.45, 2.75) is 44.7 Å². The summed E-state index contributed by atoms with van der Waals surface area (Å²) < 4.78 is 0. The van der Waals surface area contributed by atoms with E-state index in [2.05, 4.69) is 12.2 Å². The molecule has 2 rings (SSSR count). The molecular weight excluding hydrogens is 164 g/mol. The molecule has 1 amide bonds. The molecule has 0 bridgehead atoms. The van der Waals surface area contributed by atoms with E-state index in [1.54, 1.807) is 0 Å². The predicted molar refractivity (Wildman–Crippen MR) is 51.4 cm³/mol. The molecule has 0 radical (unpaired) electrons. The maximum atomic E-state index is 11.8. The fraction of sp³-hybridized carbons (Fsp3) is 0.900. The highest BCUT2D eigenvalue weighted by molar-refractivity contribution is 5.82. The second-order valence-corrected chi connectivity index (χ2v) is 4.05. The first kappa shape index (κ1) is 9.00. The number of rotatable bonds is 3. The van der Waals surface area contributed by atoms with Crippen molar-refractivity contribution in [3.8, 4) is 0 Å². The van der Waals surface area contributed by atoms with E-state index in [9.17, 15) is 4.79 Å². The Bertz CT molecular complexity index is 201. The third-order valence-corrected chi connectivity index (χ3v) is 2.93. The van der Waals surface area contributed by atoms with Crippen LogP contribution in [0, 0.1) is 0 Å². The number of carbonyl (C=O) groups is 1. The molecule has 1 aliphatic carbocycles. The lowest BCUT2D eigenvalue weighted by molar-refractivity contribution is -0.135. The Hall–Kier alpha value is -0.570. The van der Waals surface area contributed by atoms with Crippen molar-refractivity contribution in [1.29, 1.82) is 0 Å². The van der Waals surface area contributed by atoms with E-state index in [0.717, 1.165) is 25.9 Å². The summed E-state index contributed by atoms with van der Waals surface area (Å²) >= 11 is 0. The number of likely N-dealkylation sites (tertiary alicyclic amines) is 1. The van der Waals surface area contributed by atoms with E-state index < -0.39 is 0 Å². The number of hydrogen-bond acceptors (Lipinski definition) is 2.